The molecule has 1 rings (SSSR count). The number of nitrogens with one attached hydrogen (secondary N) is 2. The maximum absolute atomic E-state index is 11.4. The molecule has 6 heteroatoms. The average molecular weight is 285 g/mol. The number of rotatable bonds is 5. The molecule has 5 nitrogen and oxygen atoms in total. The Labute approximate surface area is 118 Å². The largest absolute Gasteiger partial charge is 0.394 e. The third-order valence-corrected chi connectivity index (χ3v) is 3.83. The van der Waals surface area contributed by atoms with Crippen LogP contribution in [0.25, 0.3) is 0 Å². The Hall–Kier alpha value is -1.14. The van der Waals surface area contributed by atoms with Crippen LogP contribution in [0, 0.1) is 0 Å². The molecule has 1 aromatic rings. The zero-order chi connectivity index (χ0) is 14.5. The number of aliphatic hydroxyl groups is 1. The van der Waals surface area contributed by atoms with E-state index in [1.165, 1.54) is 0 Å². The predicted octanol–water partition coefficient (Wildman–Crippen LogP) is 1.66. The average Bonchev–Trinajstić information content (AvgIpc) is 2.77. The number of carbonyl (C=O) groups is 1. The van der Waals surface area contributed by atoms with Crippen molar-refractivity contribution in [2.45, 2.75) is 45.6 Å². The summed E-state index contributed by atoms with van der Waals surface area (Å²) in [5, 5.41) is 17.3. The number of nitrogens with zero attached hydrogens (tertiary/aromatic N) is 1. The molecule has 3 N–H and O–H groups in total. The molecule has 0 aromatic carbocycles. The van der Waals surface area contributed by atoms with Gasteiger partial charge in [0, 0.05) is 23.8 Å². The smallest absolute Gasteiger partial charge is 0.315 e. The van der Waals surface area contributed by atoms with Crippen molar-refractivity contribution in [3.05, 3.63) is 16.1 Å². The Kier molecular flexibility index (Phi) is 5.75. The van der Waals surface area contributed by atoms with Gasteiger partial charge < -0.3 is 15.7 Å². The molecule has 0 radical (unpaired) electrons. The van der Waals surface area contributed by atoms with Crippen LogP contribution >= 0.6 is 11.3 Å². The lowest BCUT2D eigenvalue weighted by molar-refractivity contribution is 0.220. The summed E-state index contributed by atoms with van der Waals surface area (Å²) in [4.78, 5) is 16.0. The topological polar surface area (TPSA) is 74.2 Å². The van der Waals surface area contributed by atoms with Crippen LogP contribution in [0.3, 0.4) is 0 Å². The van der Waals surface area contributed by atoms with Gasteiger partial charge in [0.2, 0.25) is 0 Å². The summed E-state index contributed by atoms with van der Waals surface area (Å²) in [7, 11) is 0. The van der Waals surface area contributed by atoms with Crippen molar-refractivity contribution in [3.8, 4) is 0 Å². The standard InChI is InChI=1S/C13H23N3O2S/c1-9(7-17)15-12(18)14-6-5-10-8-19-11(16-10)13(2,3)4/h8-9,17H,5-7H2,1-4H3,(H2,14,15,18). The summed E-state index contributed by atoms with van der Waals surface area (Å²) in [6.45, 7) is 8.63. The molecule has 0 bridgehead atoms. The van der Waals surface area contributed by atoms with Crippen LogP contribution in [0.1, 0.15) is 38.4 Å². The van der Waals surface area contributed by atoms with Gasteiger partial charge in [0.15, 0.2) is 0 Å². The minimum absolute atomic E-state index is 0.0611. The zero-order valence-electron chi connectivity index (χ0n) is 12.0. The molecule has 1 unspecified atom stereocenters. The highest BCUT2D eigenvalue weighted by Crippen LogP contribution is 2.25. The number of thiazole rings is 1. The van der Waals surface area contributed by atoms with Crippen molar-refractivity contribution in [1.82, 2.24) is 15.6 Å². The van der Waals surface area contributed by atoms with Crippen LogP contribution < -0.4 is 10.6 Å². The lowest BCUT2D eigenvalue weighted by Gasteiger charge is -2.13. The van der Waals surface area contributed by atoms with E-state index in [0.29, 0.717) is 13.0 Å². The second-order valence-electron chi connectivity index (χ2n) is 5.63. The first-order valence-corrected chi connectivity index (χ1v) is 7.31. The van der Waals surface area contributed by atoms with Gasteiger partial charge in [0.1, 0.15) is 0 Å². The number of aliphatic hydroxyl groups excluding tert-OH is 1. The number of aromatic nitrogens is 1. The van der Waals surface area contributed by atoms with Crippen molar-refractivity contribution < 1.29 is 9.90 Å². The normalized spacial score (nSPS) is 13.1. The molecule has 1 atom stereocenters. The summed E-state index contributed by atoms with van der Waals surface area (Å²) >= 11 is 1.66. The fourth-order valence-electron chi connectivity index (χ4n) is 1.39. The number of amides is 2. The van der Waals surface area contributed by atoms with Gasteiger partial charge in [0.05, 0.1) is 23.4 Å². The molecule has 0 saturated heterocycles. The van der Waals surface area contributed by atoms with Crippen LogP contribution in [0.2, 0.25) is 0 Å². The summed E-state index contributed by atoms with van der Waals surface area (Å²) in [6, 6.07) is -0.486. The molecule has 19 heavy (non-hydrogen) atoms. The van der Waals surface area contributed by atoms with E-state index in [2.05, 4.69) is 36.4 Å². The van der Waals surface area contributed by atoms with Crippen molar-refractivity contribution in [2.24, 2.45) is 0 Å². The van der Waals surface area contributed by atoms with Crippen molar-refractivity contribution in [2.75, 3.05) is 13.2 Å². The van der Waals surface area contributed by atoms with Gasteiger partial charge in [-0.25, -0.2) is 9.78 Å². The minimum Gasteiger partial charge on any atom is -0.394 e. The van der Waals surface area contributed by atoms with Gasteiger partial charge >= 0.3 is 6.03 Å². The maximum Gasteiger partial charge on any atom is 0.315 e. The molecule has 0 saturated carbocycles. The minimum atomic E-state index is -0.257. The van der Waals surface area contributed by atoms with Crippen LogP contribution in [0.5, 0.6) is 0 Å². The zero-order valence-corrected chi connectivity index (χ0v) is 12.8. The Morgan fingerprint density at radius 1 is 1.53 bits per heavy atom. The molecule has 0 spiro atoms. The third-order valence-electron chi connectivity index (χ3n) is 2.51. The first-order chi connectivity index (χ1) is 8.82. The molecule has 1 heterocycles. The van der Waals surface area contributed by atoms with Gasteiger partial charge in [-0.05, 0) is 6.92 Å². The fraction of sp³-hybridized carbons (Fsp3) is 0.692. The van der Waals surface area contributed by atoms with E-state index in [4.69, 9.17) is 5.11 Å². The molecular weight excluding hydrogens is 262 g/mol. The van der Waals surface area contributed by atoms with E-state index < -0.39 is 0 Å². The van der Waals surface area contributed by atoms with Crippen LogP contribution in [0.15, 0.2) is 5.38 Å². The summed E-state index contributed by atoms with van der Waals surface area (Å²) in [5.74, 6) is 0. The third kappa shape index (κ3) is 5.57. The van der Waals surface area contributed by atoms with Gasteiger partial charge in [-0.3, -0.25) is 0 Å². The molecule has 1 aromatic heterocycles. The second-order valence-corrected chi connectivity index (χ2v) is 6.49. The molecule has 0 fully saturated rings. The monoisotopic (exact) mass is 285 g/mol. The molecule has 0 aliphatic rings. The Balaban J connectivity index is 2.34. The van der Waals surface area contributed by atoms with Crippen molar-refractivity contribution >= 4 is 17.4 Å². The highest BCUT2D eigenvalue weighted by molar-refractivity contribution is 7.09. The number of hydrogen-bond acceptors (Lipinski definition) is 4. The first kappa shape index (κ1) is 15.9. The highest BCUT2D eigenvalue weighted by Gasteiger charge is 2.17. The first-order valence-electron chi connectivity index (χ1n) is 6.43. The van der Waals surface area contributed by atoms with E-state index >= 15 is 0 Å². The SMILES string of the molecule is CC(CO)NC(=O)NCCc1csc(C(C)(C)C)n1. The maximum atomic E-state index is 11.4. The van der Waals surface area contributed by atoms with Gasteiger partial charge in [0.25, 0.3) is 0 Å². The molecular formula is C13H23N3O2S. The molecule has 0 aliphatic heterocycles. The van der Waals surface area contributed by atoms with E-state index in [9.17, 15) is 4.79 Å². The lowest BCUT2D eigenvalue weighted by Crippen LogP contribution is -2.42. The van der Waals surface area contributed by atoms with Gasteiger partial charge in [-0.2, -0.15) is 0 Å². The Morgan fingerprint density at radius 2 is 2.21 bits per heavy atom. The van der Waals surface area contributed by atoms with Gasteiger partial charge in [-0.1, -0.05) is 20.8 Å². The second kappa shape index (κ2) is 6.86. The van der Waals surface area contributed by atoms with Crippen LogP contribution in [-0.2, 0) is 11.8 Å². The van der Waals surface area contributed by atoms with Crippen molar-refractivity contribution in [1.29, 1.82) is 0 Å². The predicted molar refractivity (Wildman–Crippen MR) is 77.6 cm³/mol. The molecule has 2 amide bonds. The fourth-order valence-corrected chi connectivity index (χ4v) is 2.33. The number of carbonyl (C=O) groups excluding carboxylic acids is 1. The molecule has 0 aliphatic carbocycles. The summed E-state index contributed by atoms with van der Waals surface area (Å²) in [5.41, 5.74) is 1.08. The van der Waals surface area contributed by atoms with E-state index in [0.717, 1.165) is 10.7 Å². The quantitative estimate of drug-likeness (QED) is 0.770. The lowest BCUT2D eigenvalue weighted by atomic mass is 9.98. The van der Waals surface area contributed by atoms with E-state index in [1.807, 2.05) is 5.38 Å². The number of urea groups is 1. The number of hydrogen-bond donors (Lipinski definition) is 3. The molecule has 108 valence electrons. The Morgan fingerprint density at radius 3 is 2.74 bits per heavy atom. The van der Waals surface area contributed by atoms with E-state index in [1.54, 1.807) is 18.3 Å². The Bertz CT molecular complexity index is 412. The van der Waals surface area contributed by atoms with Gasteiger partial charge in [-0.15, -0.1) is 11.3 Å². The highest BCUT2D eigenvalue weighted by atomic mass is 32.1. The van der Waals surface area contributed by atoms with E-state index in [-0.39, 0.29) is 24.1 Å². The van der Waals surface area contributed by atoms with Crippen LogP contribution in [-0.4, -0.2) is 35.3 Å². The summed E-state index contributed by atoms with van der Waals surface area (Å²) in [6.07, 6.45) is 0.716. The summed E-state index contributed by atoms with van der Waals surface area (Å²) < 4.78 is 0. The van der Waals surface area contributed by atoms with Crippen molar-refractivity contribution in [3.63, 3.8) is 0 Å². The van der Waals surface area contributed by atoms with Crippen LogP contribution in [0.4, 0.5) is 4.79 Å².